The van der Waals surface area contributed by atoms with Crippen LogP contribution >= 0.6 is 0 Å². The Kier molecular flexibility index (Phi) is 2.46. The molecule has 0 saturated carbocycles. The Morgan fingerprint density at radius 1 is 1.00 bits per heavy atom. The van der Waals surface area contributed by atoms with Gasteiger partial charge in [0, 0.05) is 17.8 Å². The van der Waals surface area contributed by atoms with Crippen molar-refractivity contribution in [3.8, 4) is 0 Å². The van der Waals surface area contributed by atoms with Crippen molar-refractivity contribution in [2.24, 2.45) is 0 Å². The third-order valence-electron chi connectivity index (χ3n) is 2.08. The molecule has 1 aliphatic rings. The zero-order valence-electron chi connectivity index (χ0n) is 7.53. The average molecular weight is 171 g/mol. The van der Waals surface area contributed by atoms with Gasteiger partial charge in [-0.15, -0.1) is 0 Å². The molecular weight excluding hydrogens is 158 g/mol. The molecule has 0 bridgehead atoms. The molecular formula is C12H13N. The van der Waals surface area contributed by atoms with Crippen molar-refractivity contribution in [1.82, 2.24) is 0 Å². The Balaban J connectivity index is 2.02. The highest BCUT2D eigenvalue weighted by Gasteiger charge is 1.97. The first kappa shape index (κ1) is 8.11. The highest BCUT2D eigenvalue weighted by Crippen LogP contribution is 2.15. The van der Waals surface area contributed by atoms with Gasteiger partial charge in [0.2, 0.25) is 0 Å². The predicted molar refractivity (Wildman–Crippen MR) is 56.5 cm³/mol. The zero-order valence-corrected chi connectivity index (χ0v) is 7.53. The van der Waals surface area contributed by atoms with E-state index in [1.54, 1.807) is 0 Å². The second-order valence-corrected chi connectivity index (χ2v) is 3.13. The van der Waals surface area contributed by atoms with Gasteiger partial charge in [0.25, 0.3) is 0 Å². The van der Waals surface area contributed by atoms with Crippen molar-refractivity contribution in [3.63, 3.8) is 0 Å². The van der Waals surface area contributed by atoms with Gasteiger partial charge in [-0.25, -0.2) is 0 Å². The predicted octanol–water partition coefficient (Wildman–Crippen LogP) is 3.33. The lowest BCUT2D eigenvalue weighted by molar-refractivity contribution is 1.12. The molecule has 0 aliphatic heterocycles. The molecule has 1 N–H and O–H groups in total. The summed E-state index contributed by atoms with van der Waals surface area (Å²) in [6.45, 7) is 0. The SMILES string of the molecule is C1=CCC(Nc2ccccc2)=CC1. The van der Waals surface area contributed by atoms with Crippen molar-refractivity contribution >= 4 is 5.69 Å². The molecule has 1 aromatic rings. The summed E-state index contributed by atoms with van der Waals surface area (Å²) in [5.41, 5.74) is 2.47. The van der Waals surface area contributed by atoms with E-state index in [-0.39, 0.29) is 0 Å². The molecule has 0 aromatic heterocycles. The molecule has 0 fully saturated rings. The van der Waals surface area contributed by atoms with Gasteiger partial charge in [-0.05, 0) is 18.6 Å². The normalized spacial score (nSPS) is 15.2. The van der Waals surface area contributed by atoms with Crippen LogP contribution in [0.3, 0.4) is 0 Å². The van der Waals surface area contributed by atoms with Crippen LogP contribution in [-0.4, -0.2) is 0 Å². The minimum atomic E-state index is 1.02. The fraction of sp³-hybridized carbons (Fsp3) is 0.167. The zero-order chi connectivity index (χ0) is 8.93. The standard InChI is InChI=1S/C12H13N/c1-3-7-11(8-4-1)13-12-9-5-2-6-10-12/h1-5,7-8,10,13H,6,9H2. The summed E-state index contributed by atoms with van der Waals surface area (Å²) in [5, 5.41) is 3.39. The van der Waals surface area contributed by atoms with Gasteiger partial charge >= 0.3 is 0 Å². The number of rotatable bonds is 2. The van der Waals surface area contributed by atoms with Crippen LogP contribution in [0.1, 0.15) is 12.8 Å². The third-order valence-corrected chi connectivity index (χ3v) is 2.08. The molecule has 0 amide bonds. The van der Waals surface area contributed by atoms with Gasteiger partial charge < -0.3 is 5.32 Å². The monoisotopic (exact) mass is 171 g/mol. The molecule has 0 unspecified atom stereocenters. The van der Waals surface area contributed by atoms with Gasteiger partial charge in [-0.2, -0.15) is 0 Å². The maximum absolute atomic E-state index is 3.39. The van der Waals surface area contributed by atoms with Crippen molar-refractivity contribution in [1.29, 1.82) is 0 Å². The molecule has 2 rings (SSSR count). The van der Waals surface area contributed by atoms with E-state index in [0.29, 0.717) is 0 Å². The molecule has 0 heterocycles. The first-order valence-electron chi connectivity index (χ1n) is 4.61. The first-order chi connectivity index (χ1) is 6.45. The van der Waals surface area contributed by atoms with Crippen molar-refractivity contribution in [2.75, 3.05) is 5.32 Å². The Morgan fingerprint density at radius 3 is 2.54 bits per heavy atom. The van der Waals surface area contributed by atoms with Crippen LogP contribution in [0.25, 0.3) is 0 Å². The van der Waals surface area contributed by atoms with Crippen molar-refractivity contribution in [3.05, 3.63) is 54.3 Å². The van der Waals surface area contributed by atoms with E-state index >= 15 is 0 Å². The fourth-order valence-corrected chi connectivity index (χ4v) is 1.41. The van der Waals surface area contributed by atoms with Crippen LogP contribution in [0.15, 0.2) is 54.3 Å². The van der Waals surface area contributed by atoms with E-state index in [1.807, 2.05) is 18.2 Å². The van der Waals surface area contributed by atoms with E-state index in [1.165, 1.54) is 11.4 Å². The summed E-state index contributed by atoms with van der Waals surface area (Å²) >= 11 is 0. The summed E-state index contributed by atoms with van der Waals surface area (Å²) in [7, 11) is 0. The maximum Gasteiger partial charge on any atom is 0.0381 e. The minimum absolute atomic E-state index is 1.02. The van der Waals surface area contributed by atoms with Crippen molar-refractivity contribution < 1.29 is 0 Å². The van der Waals surface area contributed by atoms with Gasteiger partial charge in [0.15, 0.2) is 0 Å². The van der Waals surface area contributed by atoms with E-state index in [4.69, 9.17) is 0 Å². The summed E-state index contributed by atoms with van der Waals surface area (Å²) in [6, 6.07) is 10.3. The number of nitrogens with one attached hydrogen (secondary N) is 1. The van der Waals surface area contributed by atoms with E-state index in [0.717, 1.165) is 12.8 Å². The number of hydrogen-bond donors (Lipinski definition) is 1. The molecule has 0 spiro atoms. The second-order valence-electron chi connectivity index (χ2n) is 3.13. The molecule has 0 radical (unpaired) electrons. The summed E-state index contributed by atoms with van der Waals surface area (Å²) < 4.78 is 0. The topological polar surface area (TPSA) is 12.0 Å². The van der Waals surface area contributed by atoms with Gasteiger partial charge in [-0.1, -0.05) is 36.4 Å². The molecule has 1 aromatic carbocycles. The van der Waals surface area contributed by atoms with Crippen LogP contribution in [0, 0.1) is 0 Å². The van der Waals surface area contributed by atoms with E-state index < -0.39 is 0 Å². The third kappa shape index (κ3) is 2.22. The van der Waals surface area contributed by atoms with Crippen LogP contribution in [0.4, 0.5) is 5.69 Å². The molecule has 0 saturated heterocycles. The highest BCUT2D eigenvalue weighted by atomic mass is 14.9. The molecule has 13 heavy (non-hydrogen) atoms. The minimum Gasteiger partial charge on any atom is -0.359 e. The summed E-state index contributed by atoms with van der Waals surface area (Å²) in [6.07, 6.45) is 8.69. The number of hydrogen-bond acceptors (Lipinski definition) is 1. The van der Waals surface area contributed by atoms with Crippen LogP contribution < -0.4 is 5.32 Å². The van der Waals surface area contributed by atoms with Crippen LogP contribution in [-0.2, 0) is 0 Å². The summed E-state index contributed by atoms with van der Waals surface area (Å²) in [5.74, 6) is 0. The molecule has 1 nitrogen and oxygen atoms in total. The van der Waals surface area contributed by atoms with Crippen LogP contribution in [0.2, 0.25) is 0 Å². The Bertz CT molecular complexity index is 322. The fourth-order valence-electron chi connectivity index (χ4n) is 1.41. The van der Waals surface area contributed by atoms with Crippen molar-refractivity contribution in [2.45, 2.75) is 12.8 Å². The number of benzene rings is 1. The molecule has 1 heteroatoms. The largest absolute Gasteiger partial charge is 0.359 e. The number of anilines is 1. The quantitative estimate of drug-likeness (QED) is 0.673. The van der Waals surface area contributed by atoms with Gasteiger partial charge in [0.1, 0.15) is 0 Å². The van der Waals surface area contributed by atoms with E-state index in [2.05, 4.69) is 35.7 Å². The number of para-hydroxylation sites is 1. The Morgan fingerprint density at radius 2 is 1.85 bits per heavy atom. The average Bonchev–Trinajstić information content (AvgIpc) is 2.21. The second kappa shape index (κ2) is 3.94. The molecule has 66 valence electrons. The first-order valence-corrected chi connectivity index (χ1v) is 4.61. The van der Waals surface area contributed by atoms with Gasteiger partial charge in [0.05, 0.1) is 0 Å². The number of allylic oxidation sites excluding steroid dienone is 3. The molecule has 0 atom stereocenters. The highest BCUT2D eigenvalue weighted by molar-refractivity contribution is 5.48. The van der Waals surface area contributed by atoms with E-state index in [9.17, 15) is 0 Å². The lowest BCUT2D eigenvalue weighted by Crippen LogP contribution is -1.99. The summed E-state index contributed by atoms with van der Waals surface area (Å²) in [4.78, 5) is 0. The Hall–Kier alpha value is -1.50. The lowest BCUT2D eigenvalue weighted by atomic mass is 10.1. The van der Waals surface area contributed by atoms with Gasteiger partial charge in [-0.3, -0.25) is 0 Å². The van der Waals surface area contributed by atoms with Crippen LogP contribution in [0.5, 0.6) is 0 Å². The molecule has 1 aliphatic carbocycles. The smallest absolute Gasteiger partial charge is 0.0381 e. The Labute approximate surface area is 78.8 Å². The maximum atomic E-state index is 3.39. The lowest BCUT2D eigenvalue weighted by Gasteiger charge is -2.11.